The second kappa shape index (κ2) is 13.7. The van der Waals surface area contributed by atoms with E-state index in [1.165, 1.54) is 13.2 Å². The highest BCUT2D eigenvalue weighted by Crippen LogP contribution is 2.29. The zero-order valence-corrected chi connectivity index (χ0v) is 20.2. The third kappa shape index (κ3) is 8.27. The average Bonchev–Trinajstić information content (AvgIpc) is 2.75. The number of hydrogen-bond acceptors (Lipinski definition) is 5. The molecular formula is C21H28F2IN3O4. The van der Waals surface area contributed by atoms with Gasteiger partial charge in [0.05, 0.1) is 21.3 Å². The summed E-state index contributed by atoms with van der Waals surface area (Å²) in [5.74, 6) is 2.18. The molecule has 0 bridgehead atoms. The van der Waals surface area contributed by atoms with Gasteiger partial charge in [-0.3, -0.25) is 4.99 Å². The Hall–Kier alpha value is -2.50. The van der Waals surface area contributed by atoms with Crippen molar-refractivity contribution in [3.8, 4) is 23.0 Å². The molecule has 0 fully saturated rings. The molecule has 0 unspecified atom stereocenters. The van der Waals surface area contributed by atoms with Gasteiger partial charge in [-0.25, -0.2) is 0 Å². The van der Waals surface area contributed by atoms with E-state index in [-0.39, 0.29) is 35.5 Å². The first-order valence-electron chi connectivity index (χ1n) is 9.27. The van der Waals surface area contributed by atoms with E-state index >= 15 is 0 Å². The van der Waals surface area contributed by atoms with Gasteiger partial charge in [0.1, 0.15) is 0 Å². The number of hydrogen-bond donors (Lipinski definition) is 2. The van der Waals surface area contributed by atoms with Gasteiger partial charge in [0, 0.05) is 20.1 Å². The summed E-state index contributed by atoms with van der Waals surface area (Å²) in [6.07, 6.45) is 0.746. The zero-order valence-electron chi connectivity index (χ0n) is 17.9. The van der Waals surface area contributed by atoms with E-state index in [9.17, 15) is 8.78 Å². The topological polar surface area (TPSA) is 73.3 Å². The highest BCUT2D eigenvalue weighted by molar-refractivity contribution is 14.0. The largest absolute Gasteiger partial charge is 0.493 e. The van der Waals surface area contributed by atoms with Gasteiger partial charge in [0.2, 0.25) is 0 Å². The van der Waals surface area contributed by atoms with Crippen LogP contribution in [-0.2, 0) is 13.0 Å². The Bertz CT molecular complexity index is 853. The standard InChI is InChI=1S/C21H27F2N3O4.HI/c1-24-21(25-10-9-14-5-7-16(27-2)18(11-14)29-4)26-13-15-6-8-17(28-3)19(12-15)30-20(22)23;/h5-8,11-12,20H,9-10,13H2,1-4H3,(H2,24,25,26);1H. The first-order valence-corrected chi connectivity index (χ1v) is 9.27. The summed E-state index contributed by atoms with van der Waals surface area (Å²) in [7, 11) is 6.25. The molecule has 0 atom stereocenters. The van der Waals surface area contributed by atoms with Crippen molar-refractivity contribution >= 4 is 29.9 Å². The van der Waals surface area contributed by atoms with Crippen molar-refractivity contribution in [2.24, 2.45) is 4.99 Å². The summed E-state index contributed by atoms with van der Waals surface area (Å²) >= 11 is 0. The third-order valence-corrected chi connectivity index (χ3v) is 4.28. The fourth-order valence-electron chi connectivity index (χ4n) is 2.79. The monoisotopic (exact) mass is 551 g/mol. The van der Waals surface area contributed by atoms with Crippen LogP contribution in [0.15, 0.2) is 41.4 Å². The fraction of sp³-hybridized carbons (Fsp3) is 0.381. The van der Waals surface area contributed by atoms with Gasteiger partial charge in [-0.1, -0.05) is 12.1 Å². The SMILES string of the molecule is CN=C(NCCc1ccc(OC)c(OC)c1)NCc1ccc(OC)c(OC(F)F)c1.I. The van der Waals surface area contributed by atoms with Crippen LogP contribution in [0.1, 0.15) is 11.1 Å². The lowest BCUT2D eigenvalue weighted by atomic mass is 10.1. The maximum Gasteiger partial charge on any atom is 0.387 e. The van der Waals surface area contributed by atoms with E-state index < -0.39 is 6.61 Å². The Labute approximate surface area is 198 Å². The van der Waals surface area contributed by atoms with Crippen LogP contribution in [0.25, 0.3) is 0 Å². The highest BCUT2D eigenvalue weighted by Gasteiger charge is 2.11. The second-order valence-electron chi connectivity index (χ2n) is 6.16. The molecule has 0 saturated heterocycles. The molecule has 10 heteroatoms. The van der Waals surface area contributed by atoms with Crippen LogP contribution in [-0.4, -0.2) is 47.5 Å². The van der Waals surface area contributed by atoms with Crippen molar-refractivity contribution in [3.05, 3.63) is 47.5 Å². The maximum absolute atomic E-state index is 12.6. The van der Waals surface area contributed by atoms with Crippen molar-refractivity contribution in [2.45, 2.75) is 19.6 Å². The molecule has 0 radical (unpaired) electrons. The summed E-state index contributed by atoms with van der Waals surface area (Å²) in [6, 6.07) is 10.6. The molecule has 0 heterocycles. The van der Waals surface area contributed by atoms with Crippen molar-refractivity contribution in [1.29, 1.82) is 0 Å². The smallest absolute Gasteiger partial charge is 0.387 e. The summed E-state index contributed by atoms with van der Waals surface area (Å²) in [4.78, 5) is 4.17. The molecular weight excluding hydrogens is 523 g/mol. The molecule has 31 heavy (non-hydrogen) atoms. The van der Waals surface area contributed by atoms with Crippen LogP contribution < -0.4 is 29.6 Å². The highest BCUT2D eigenvalue weighted by atomic mass is 127. The van der Waals surface area contributed by atoms with Crippen molar-refractivity contribution in [1.82, 2.24) is 10.6 Å². The van der Waals surface area contributed by atoms with Gasteiger partial charge < -0.3 is 29.6 Å². The number of halogens is 3. The Morgan fingerprint density at radius 2 is 1.45 bits per heavy atom. The van der Waals surface area contributed by atoms with E-state index in [0.29, 0.717) is 30.5 Å². The van der Waals surface area contributed by atoms with Crippen LogP contribution in [0.2, 0.25) is 0 Å². The molecule has 0 aliphatic heterocycles. The first kappa shape index (κ1) is 26.5. The van der Waals surface area contributed by atoms with E-state index in [0.717, 1.165) is 17.5 Å². The van der Waals surface area contributed by atoms with Gasteiger partial charge in [0.25, 0.3) is 0 Å². The lowest BCUT2D eigenvalue weighted by Crippen LogP contribution is -2.37. The molecule has 0 saturated carbocycles. The van der Waals surface area contributed by atoms with Gasteiger partial charge in [-0.05, 0) is 41.8 Å². The number of benzene rings is 2. The minimum atomic E-state index is -2.92. The van der Waals surface area contributed by atoms with Gasteiger partial charge in [-0.2, -0.15) is 8.78 Å². The zero-order chi connectivity index (χ0) is 21.9. The second-order valence-corrected chi connectivity index (χ2v) is 6.16. The maximum atomic E-state index is 12.6. The van der Waals surface area contributed by atoms with Crippen LogP contribution in [0.4, 0.5) is 8.78 Å². The van der Waals surface area contributed by atoms with Crippen molar-refractivity contribution in [3.63, 3.8) is 0 Å². The van der Waals surface area contributed by atoms with E-state index in [1.54, 1.807) is 33.4 Å². The minimum Gasteiger partial charge on any atom is -0.493 e. The van der Waals surface area contributed by atoms with Crippen LogP contribution in [0, 0.1) is 0 Å². The normalized spacial score (nSPS) is 10.9. The summed E-state index contributed by atoms with van der Waals surface area (Å²) in [6.45, 7) is -1.91. The number of rotatable bonds is 10. The van der Waals surface area contributed by atoms with Gasteiger partial charge in [-0.15, -0.1) is 24.0 Å². The number of nitrogens with zero attached hydrogens (tertiary/aromatic N) is 1. The molecule has 2 N–H and O–H groups in total. The van der Waals surface area contributed by atoms with Crippen LogP contribution >= 0.6 is 24.0 Å². The van der Waals surface area contributed by atoms with E-state index in [4.69, 9.17) is 14.2 Å². The molecule has 0 spiro atoms. The molecule has 172 valence electrons. The van der Waals surface area contributed by atoms with Gasteiger partial charge in [0.15, 0.2) is 29.0 Å². The molecule has 0 aromatic heterocycles. The number of methoxy groups -OCH3 is 3. The molecule has 2 rings (SSSR count). The van der Waals surface area contributed by atoms with Crippen molar-refractivity contribution in [2.75, 3.05) is 34.9 Å². The molecule has 7 nitrogen and oxygen atoms in total. The van der Waals surface area contributed by atoms with Gasteiger partial charge >= 0.3 is 6.61 Å². The lowest BCUT2D eigenvalue weighted by Gasteiger charge is -2.14. The van der Waals surface area contributed by atoms with Crippen LogP contribution in [0.3, 0.4) is 0 Å². The Morgan fingerprint density at radius 3 is 2.03 bits per heavy atom. The number of nitrogens with one attached hydrogen (secondary N) is 2. The number of ether oxygens (including phenoxy) is 4. The summed E-state index contributed by atoms with van der Waals surface area (Å²) in [5, 5.41) is 6.36. The predicted octanol–water partition coefficient (Wildman–Crippen LogP) is 3.84. The molecule has 0 amide bonds. The number of guanidine groups is 1. The fourth-order valence-corrected chi connectivity index (χ4v) is 2.79. The number of alkyl halides is 2. The molecule has 0 aliphatic rings. The van der Waals surface area contributed by atoms with Crippen molar-refractivity contribution < 1.29 is 27.7 Å². The van der Waals surface area contributed by atoms with E-state index in [2.05, 4.69) is 20.4 Å². The summed E-state index contributed by atoms with van der Waals surface area (Å²) in [5.41, 5.74) is 1.83. The predicted molar refractivity (Wildman–Crippen MR) is 126 cm³/mol. The molecule has 2 aromatic rings. The average molecular weight is 551 g/mol. The van der Waals surface area contributed by atoms with E-state index in [1.807, 2.05) is 18.2 Å². The molecule has 0 aliphatic carbocycles. The molecule has 2 aromatic carbocycles. The third-order valence-electron chi connectivity index (χ3n) is 4.28. The van der Waals surface area contributed by atoms with Crippen LogP contribution in [0.5, 0.6) is 23.0 Å². The quantitative estimate of drug-likeness (QED) is 0.266. The minimum absolute atomic E-state index is 0. The Balaban J connectivity index is 0.00000480. The Morgan fingerprint density at radius 1 is 0.871 bits per heavy atom. The lowest BCUT2D eigenvalue weighted by molar-refractivity contribution is -0.0512. The summed E-state index contributed by atoms with van der Waals surface area (Å²) < 4.78 is 45.2. The Kier molecular flexibility index (Phi) is 11.8. The first-order chi connectivity index (χ1) is 14.5. The number of aliphatic imine (C=N–C) groups is 1.